The van der Waals surface area contributed by atoms with Crippen LogP contribution in [0.1, 0.15) is 55.1 Å². The molecule has 2 atom stereocenters. The summed E-state index contributed by atoms with van der Waals surface area (Å²) in [4.78, 5) is 19.0. The molecule has 2 aliphatic rings. The van der Waals surface area contributed by atoms with Crippen molar-refractivity contribution in [3.63, 3.8) is 0 Å². The Labute approximate surface area is 130 Å². The third-order valence-electron chi connectivity index (χ3n) is 4.46. The monoisotopic (exact) mass is 308 g/mol. The van der Waals surface area contributed by atoms with Crippen LogP contribution in [0.25, 0.3) is 0 Å². The number of carbonyl (C=O) groups excluding carboxylic acids is 1. The molecule has 2 fully saturated rings. The molecule has 3 heterocycles. The van der Waals surface area contributed by atoms with E-state index in [2.05, 4.69) is 10.4 Å². The lowest BCUT2D eigenvalue weighted by Gasteiger charge is -2.32. The van der Waals surface area contributed by atoms with E-state index >= 15 is 0 Å². The van der Waals surface area contributed by atoms with E-state index in [9.17, 15) is 4.79 Å². The van der Waals surface area contributed by atoms with E-state index in [-0.39, 0.29) is 0 Å². The van der Waals surface area contributed by atoms with Crippen molar-refractivity contribution in [1.82, 2.24) is 9.88 Å². The second kappa shape index (κ2) is 6.88. The summed E-state index contributed by atoms with van der Waals surface area (Å²) in [5.41, 5.74) is 1.09. The standard InChI is InChI=1S/C16H24N2O2S/c1-12-11-21-16(17-12)13-4-2-8-18(10-13)15(19)7-6-14-5-3-9-20-14/h11,13-14H,2-10H2,1H3/t13-,14-/m0/s1. The molecule has 0 radical (unpaired) electrons. The van der Waals surface area contributed by atoms with Crippen LogP contribution in [0.4, 0.5) is 0 Å². The Bertz CT molecular complexity index is 482. The first-order chi connectivity index (χ1) is 10.2. The summed E-state index contributed by atoms with van der Waals surface area (Å²) in [5.74, 6) is 0.729. The van der Waals surface area contributed by atoms with Crippen molar-refractivity contribution in [2.24, 2.45) is 0 Å². The van der Waals surface area contributed by atoms with Crippen molar-refractivity contribution in [2.45, 2.75) is 57.5 Å². The SMILES string of the molecule is Cc1csc([C@H]2CCCN(C(=O)CC[C@@H]3CCCO3)C2)n1. The molecule has 1 aromatic heterocycles. The number of aromatic nitrogens is 1. The highest BCUT2D eigenvalue weighted by molar-refractivity contribution is 7.09. The van der Waals surface area contributed by atoms with Crippen LogP contribution < -0.4 is 0 Å². The summed E-state index contributed by atoms with van der Waals surface area (Å²) < 4.78 is 5.60. The minimum atomic E-state index is 0.295. The number of carbonyl (C=O) groups is 1. The van der Waals surface area contributed by atoms with Crippen LogP contribution in [-0.2, 0) is 9.53 Å². The Kier molecular flexibility index (Phi) is 4.91. The van der Waals surface area contributed by atoms with Gasteiger partial charge in [-0.1, -0.05) is 0 Å². The Balaban J connectivity index is 1.51. The number of rotatable bonds is 4. The lowest BCUT2D eigenvalue weighted by molar-refractivity contribution is -0.133. The molecule has 2 saturated heterocycles. The fraction of sp³-hybridized carbons (Fsp3) is 0.750. The summed E-state index contributed by atoms with van der Waals surface area (Å²) in [6.07, 6.45) is 6.35. The van der Waals surface area contributed by atoms with Crippen LogP contribution >= 0.6 is 11.3 Å². The number of ether oxygens (including phenoxy) is 1. The van der Waals surface area contributed by atoms with E-state index in [1.807, 2.05) is 11.8 Å². The fourth-order valence-electron chi connectivity index (χ4n) is 3.28. The average molecular weight is 308 g/mol. The zero-order chi connectivity index (χ0) is 14.7. The highest BCUT2D eigenvalue weighted by atomic mass is 32.1. The van der Waals surface area contributed by atoms with Crippen LogP contribution in [0.3, 0.4) is 0 Å². The van der Waals surface area contributed by atoms with Crippen LogP contribution in [0.2, 0.25) is 0 Å². The van der Waals surface area contributed by atoms with Crippen LogP contribution in [0.5, 0.6) is 0 Å². The first-order valence-corrected chi connectivity index (χ1v) is 8.92. The molecule has 2 aliphatic heterocycles. The number of aryl methyl sites for hydroxylation is 1. The van der Waals surface area contributed by atoms with Crippen molar-refractivity contribution in [3.8, 4) is 0 Å². The molecule has 0 aromatic carbocycles. The second-order valence-corrected chi connectivity index (χ2v) is 7.07. The maximum absolute atomic E-state index is 12.4. The molecule has 1 aromatic rings. The largest absolute Gasteiger partial charge is 0.378 e. The van der Waals surface area contributed by atoms with Gasteiger partial charge >= 0.3 is 0 Å². The van der Waals surface area contributed by atoms with Crippen LogP contribution in [0.15, 0.2) is 5.38 Å². The molecular formula is C16H24N2O2S. The first-order valence-electron chi connectivity index (χ1n) is 8.04. The molecule has 3 rings (SSSR count). The van der Waals surface area contributed by atoms with Crippen molar-refractivity contribution >= 4 is 17.2 Å². The molecule has 0 spiro atoms. The summed E-state index contributed by atoms with van der Waals surface area (Å²) in [6.45, 7) is 4.66. The van der Waals surface area contributed by atoms with Gasteiger partial charge in [-0.3, -0.25) is 4.79 Å². The number of hydrogen-bond donors (Lipinski definition) is 0. The number of amides is 1. The van der Waals surface area contributed by atoms with Gasteiger partial charge in [0.2, 0.25) is 5.91 Å². The van der Waals surface area contributed by atoms with Gasteiger partial charge in [-0.2, -0.15) is 0 Å². The molecule has 0 unspecified atom stereocenters. The van der Waals surface area contributed by atoms with Crippen LogP contribution in [-0.4, -0.2) is 41.6 Å². The normalized spacial score (nSPS) is 26.2. The molecule has 1 amide bonds. The number of hydrogen-bond acceptors (Lipinski definition) is 4. The highest BCUT2D eigenvalue weighted by Crippen LogP contribution is 2.29. The summed E-state index contributed by atoms with van der Waals surface area (Å²) in [6, 6.07) is 0. The first kappa shape index (κ1) is 15.0. The molecule has 5 heteroatoms. The Hall–Kier alpha value is -0.940. The summed E-state index contributed by atoms with van der Waals surface area (Å²) in [5, 5.41) is 3.30. The Morgan fingerprint density at radius 2 is 2.38 bits per heavy atom. The van der Waals surface area contributed by atoms with E-state index in [0.29, 0.717) is 24.3 Å². The van der Waals surface area contributed by atoms with Gasteiger partial charge in [0.05, 0.1) is 11.1 Å². The van der Waals surface area contributed by atoms with Crippen molar-refractivity contribution in [1.29, 1.82) is 0 Å². The minimum Gasteiger partial charge on any atom is -0.378 e. The zero-order valence-corrected chi connectivity index (χ0v) is 13.5. The third kappa shape index (κ3) is 3.83. The topological polar surface area (TPSA) is 42.4 Å². The molecule has 0 bridgehead atoms. The molecule has 21 heavy (non-hydrogen) atoms. The van der Waals surface area contributed by atoms with Gasteiger partial charge in [-0.15, -0.1) is 11.3 Å². The Morgan fingerprint density at radius 3 is 3.10 bits per heavy atom. The van der Waals surface area contributed by atoms with Gasteiger partial charge in [0.15, 0.2) is 0 Å². The molecule has 4 nitrogen and oxygen atoms in total. The van der Waals surface area contributed by atoms with E-state index in [1.165, 1.54) is 5.01 Å². The molecule has 0 aliphatic carbocycles. The third-order valence-corrected chi connectivity index (χ3v) is 5.59. The van der Waals surface area contributed by atoms with Crippen LogP contribution in [0, 0.1) is 6.92 Å². The number of thiazole rings is 1. The van der Waals surface area contributed by atoms with Crippen molar-refractivity contribution in [3.05, 3.63) is 16.1 Å². The lowest BCUT2D eigenvalue weighted by atomic mass is 9.98. The smallest absolute Gasteiger partial charge is 0.222 e. The van der Waals surface area contributed by atoms with E-state index in [0.717, 1.165) is 57.5 Å². The predicted molar refractivity (Wildman–Crippen MR) is 83.6 cm³/mol. The van der Waals surface area contributed by atoms with Crippen molar-refractivity contribution in [2.75, 3.05) is 19.7 Å². The van der Waals surface area contributed by atoms with Gasteiger partial charge in [0, 0.05) is 43.1 Å². The maximum Gasteiger partial charge on any atom is 0.222 e. The maximum atomic E-state index is 12.4. The Morgan fingerprint density at radius 1 is 1.48 bits per heavy atom. The molecule has 116 valence electrons. The second-order valence-electron chi connectivity index (χ2n) is 6.18. The summed E-state index contributed by atoms with van der Waals surface area (Å²) in [7, 11) is 0. The van der Waals surface area contributed by atoms with Gasteiger partial charge in [0.1, 0.15) is 0 Å². The van der Waals surface area contributed by atoms with E-state index in [4.69, 9.17) is 4.74 Å². The molecule has 0 saturated carbocycles. The number of nitrogens with zero attached hydrogens (tertiary/aromatic N) is 2. The fourth-order valence-corrected chi connectivity index (χ4v) is 4.21. The van der Waals surface area contributed by atoms with Crippen molar-refractivity contribution < 1.29 is 9.53 Å². The lowest BCUT2D eigenvalue weighted by Crippen LogP contribution is -2.39. The van der Waals surface area contributed by atoms with Gasteiger partial charge in [-0.05, 0) is 39.0 Å². The highest BCUT2D eigenvalue weighted by Gasteiger charge is 2.27. The zero-order valence-electron chi connectivity index (χ0n) is 12.7. The quantitative estimate of drug-likeness (QED) is 0.858. The molecule has 0 N–H and O–H groups in total. The van der Waals surface area contributed by atoms with E-state index in [1.54, 1.807) is 11.3 Å². The molecular weight excluding hydrogens is 284 g/mol. The average Bonchev–Trinajstić information content (AvgIpc) is 3.16. The van der Waals surface area contributed by atoms with Gasteiger partial charge in [0.25, 0.3) is 0 Å². The minimum absolute atomic E-state index is 0.295. The number of likely N-dealkylation sites (tertiary alicyclic amines) is 1. The van der Waals surface area contributed by atoms with E-state index < -0.39 is 0 Å². The predicted octanol–water partition coefficient (Wildman–Crippen LogP) is 3.12. The number of piperidine rings is 1. The van der Waals surface area contributed by atoms with Gasteiger partial charge in [-0.25, -0.2) is 4.98 Å². The van der Waals surface area contributed by atoms with Gasteiger partial charge < -0.3 is 9.64 Å². The summed E-state index contributed by atoms with van der Waals surface area (Å²) >= 11 is 1.73.